The van der Waals surface area contributed by atoms with Gasteiger partial charge in [0.25, 0.3) is 0 Å². The van der Waals surface area contributed by atoms with Crippen LogP contribution in [0.15, 0.2) is 29.3 Å². The van der Waals surface area contributed by atoms with Gasteiger partial charge in [-0.15, -0.1) is 11.3 Å². The maximum Gasteiger partial charge on any atom is 0.310 e. The lowest BCUT2D eigenvalue weighted by Crippen LogP contribution is -2.07. The van der Waals surface area contributed by atoms with Crippen molar-refractivity contribution in [1.29, 1.82) is 0 Å². The zero-order valence-corrected chi connectivity index (χ0v) is 13.7. The number of nitro benzene ring substituents is 1. The van der Waals surface area contributed by atoms with Gasteiger partial charge in [-0.05, 0) is 18.6 Å². The Kier molecular flexibility index (Phi) is 4.77. The minimum atomic E-state index is -3.68. The Morgan fingerprint density at radius 1 is 1.41 bits per heavy atom. The third kappa shape index (κ3) is 3.60. The molecule has 1 heterocycles. The van der Waals surface area contributed by atoms with Gasteiger partial charge < -0.3 is 5.32 Å². The van der Waals surface area contributed by atoms with E-state index in [2.05, 4.69) is 10.3 Å². The molecule has 0 aliphatic rings. The molecule has 0 unspecified atom stereocenters. The van der Waals surface area contributed by atoms with Crippen LogP contribution in [-0.2, 0) is 22.8 Å². The van der Waals surface area contributed by atoms with Crippen molar-refractivity contribution in [1.82, 2.24) is 4.98 Å². The lowest BCUT2D eigenvalue weighted by molar-refractivity contribution is -0.386. The summed E-state index contributed by atoms with van der Waals surface area (Å²) in [7, 11) is -3.68. The minimum absolute atomic E-state index is 0.168. The van der Waals surface area contributed by atoms with Crippen LogP contribution < -0.4 is 5.32 Å². The maximum absolute atomic E-state index is 11.7. The minimum Gasteiger partial charge on any atom is -0.373 e. The van der Waals surface area contributed by atoms with Gasteiger partial charge in [0.2, 0.25) is 0 Å². The Balaban J connectivity index is 2.32. The molecule has 1 N–H and O–H groups in total. The molecule has 22 heavy (non-hydrogen) atoms. The summed E-state index contributed by atoms with van der Waals surface area (Å²) >= 11 is 1.51. The summed E-state index contributed by atoms with van der Waals surface area (Å²) in [5.41, 5.74) is -0.265. The zero-order chi connectivity index (χ0) is 16.3. The van der Waals surface area contributed by atoms with Crippen LogP contribution in [0.1, 0.15) is 16.8 Å². The first-order chi connectivity index (χ1) is 10.3. The van der Waals surface area contributed by atoms with Crippen molar-refractivity contribution in [3.8, 4) is 0 Å². The van der Waals surface area contributed by atoms with E-state index in [1.165, 1.54) is 29.5 Å². The summed E-state index contributed by atoms with van der Waals surface area (Å²) in [6.07, 6.45) is 3.60. The molecule has 0 spiro atoms. The van der Waals surface area contributed by atoms with Crippen molar-refractivity contribution in [2.75, 3.05) is 11.6 Å². The van der Waals surface area contributed by atoms with Crippen molar-refractivity contribution >= 4 is 32.5 Å². The number of nitrogens with one attached hydrogen (secondary N) is 1. The fourth-order valence-corrected chi connectivity index (χ4v) is 3.58. The Hall–Kier alpha value is -2.00. The SMILES string of the molecule is CCc1cnc(CNc2cccc(S(C)(=O)=O)c2[N+](=O)[O-])s1. The number of hydrogen-bond acceptors (Lipinski definition) is 7. The summed E-state index contributed by atoms with van der Waals surface area (Å²) < 4.78 is 23.4. The molecule has 0 atom stereocenters. The largest absolute Gasteiger partial charge is 0.373 e. The van der Waals surface area contributed by atoms with E-state index in [0.29, 0.717) is 6.54 Å². The fraction of sp³-hybridized carbons (Fsp3) is 0.308. The monoisotopic (exact) mass is 341 g/mol. The molecule has 1 aromatic carbocycles. The van der Waals surface area contributed by atoms with Crippen LogP contribution in [0.4, 0.5) is 11.4 Å². The molecule has 0 aliphatic carbocycles. The van der Waals surface area contributed by atoms with E-state index in [1.54, 1.807) is 6.20 Å². The van der Waals surface area contributed by atoms with E-state index in [9.17, 15) is 18.5 Å². The van der Waals surface area contributed by atoms with E-state index in [4.69, 9.17) is 0 Å². The molecule has 1 aromatic heterocycles. The molecule has 7 nitrogen and oxygen atoms in total. The van der Waals surface area contributed by atoms with Gasteiger partial charge in [-0.3, -0.25) is 10.1 Å². The lowest BCUT2D eigenvalue weighted by atomic mass is 10.2. The summed E-state index contributed by atoms with van der Waals surface area (Å²) in [6.45, 7) is 2.32. The first-order valence-electron chi connectivity index (χ1n) is 6.47. The topological polar surface area (TPSA) is 102 Å². The predicted octanol–water partition coefficient (Wildman–Crippen LogP) is 2.63. The number of nitrogens with zero attached hydrogens (tertiary/aromatic N) is 2. The molecule has 2 aromatic rings. The van der Waals surface area contributed by atoms with Crippen molar-refractivity contribution < 1.29 is 13.3 Å². The van der Waals surface area contributed by atoms with Gasteiger partial charge in [0.05, 0.1) is 11.5 Å². The summed E-state index contributed by atoms with van der Waals surface area (Å²) in [4.78, 5) is 15.6. The molecule has 118 valence electrons. The third-order valence-electron chi connectivity index (χ3n) is 2.96. The average molecular weight is 341 g/mol. The lowest BCUT2D eigenvalue weighted by Gasteiger charge is -2.08. The number of rotatable bonds is 6. The maximum atomic E-state index is 11.7. The number of hydrogen-bond donors (Lipinski definition) is 1. The number of thiazole rings is 1. The highest BCUT2D eigenvalue weighted by atomic mass is 32.2. The van der Waals surface area contributed by atoms with Gasteiger partial charge in [-0.2, -0.15) is 0 Å². The van der Waals surface area contributed by atoms with Gasteiger partial charge in [-0.25, -0.2) is 13.4 Å². The zero-order valence-electron chi connectivity index (χ0n) is 12.1. The van der Waals surface area contributed by atoms with E-state index < -0.39 is 20.4 Å². The average Bonchev–Trinajstić information content (AvgIpc) is 2.91. The molecular formula is C13H15N3O4S2. The highest BCUT2D eigenvalue weighted by Gasteiger charge is 2.26. The van der Waals surface area contributed by atoms with Gasteiger partial charge in [0, 0.05) is 17.3 Å². The van der Waals surface area contributed by atoms with Crippen LogP contribution in [0.2, 0.25) is 0 Å². The van der Waals surface area contributed by atoms with Crippen LogP contribution in [-0.4, -0.2) is 24.6 Å². The second-order valence-electron chi connectivity index (χ2n) is 4.61. The van der Waals surface area contributed by atoms with Crippen molar-refractivity contribution in [3.63, 3.8) is 0 Å². The number of para-hydroxylation sites is 1. The molecule has 9 heteroatoms. The van der Waals surface area contributed by atoms with E-state index >= 15 is 0 Å². The fourth-order valence-electron chi connectivity index (χ4n) is 1.92. The molecule has 0 aliphatic heterocycles. The number of sulfone groups is 1. The Bertz CT molecular complexity index is 799. The Labute approximate surface area is 132 Å². The van der Waals surface area contributed by atoms with Crippen LogP contribution in [0.5, 0.6) is 0 Å². The van der Waals surface area contributed by atoms with Gasteiger partial charge in [-0.1, -0.05) is 13.0 Å². The second kappa shape index (κ2) is 6.41. The first kappa shape index (κ1) is 16.4. The highest BCUT2D eigenvalue weighted by molar-refractivity contribution is 7.90. The molecule has 0 fully saturated rings. The molecule has 0 radical (unpaired) electrons. The first-order valence-corrected chi connectivity index (χ1v) is 9.18. The molecular weight excluding hydrogens is 326 g/mol. The van der Waals surface area contributed by atoms with Gasteiger partial charge >= 0.3 is 5.69 Å². The van der Waals surface area contributed by atoms with Crippen LogP contribution in [0.3, 0.4) is 0 Å². The highest BCUT2D eigenvalue weighted by Crippen LogP contribution is 2.32. The summed E-state index contributed by atoms with van der Waals surface area (Å²) in [5.74, 6) is 0. The summed E-state index contributed by atoms with van der Waals surface area (Å²) in [6, 6.07) is 4.20. The summed E-state index contributed by atoms with van der Waals surface area (Å²) in [5, 5.41) is 14.9. The van der Waals surface area contributed by atoms with Crippen LogP contribution in [0.25, 0.3) is 0 Å². The number of aromatic nitrogens is 1. The van der Waals surface area contributed by atoms with E-state index in [-0.39, 0.29) is 10.6 Å². The standard InChI is InChI=1S/C13H15N3O4S2/c1-3-9-7-15-12(21-9)8-14-10-5-4-6-11(22(2,19)20)13(10)16(17)18/h4-7,14H,3,8H2,1-2H3. The van der Waals surface area contributed by atoms with Crippen molar-refractivity contribution in [3.05, 3.63) is 44.4 Å². The second-order valence-corrected chi connectivity index (χ2v) is 7.79. The van der Waals surface area contributed by atoms with Crippen LogP contribution >= 0.6 is 11.3 Å². The predicted molar refractivity (Wildman–Crippen MR) is 85.0 cm³/mol. The molecule has 0 saturated carbocycles. The Morgan fingerprint density at radius 3 is 2.68 bits per heavy atom. The molecule has 0 saturated heterocycles. The number of nitro groups is 1. The van der Waals surface area contributed by atoms with Crippen molar-refractivity contribution in [2.24, 2.45) is 0 Å². The van der Waals surface area contributed by atoms with Gasteiger partial charge in [0.1, 0.15) is 15.6 Å². The number of aryl methyl sites for hydroxylation is 1. The number of benzene rings is 1. The Morgan fingerprint density at radius 2 is 2.14 bits per heavy atom. The van der Waals surface area contributed by atoms with Crippen molar-refractivity contribution in [2.45, 2.75) is 24.8 Å². The third-order valence-corrected chi connectivity index (χ3v) is 5.23. The molecule has 0 bridgehead atoms. The van der Waals surface area contributed by atoms with Gasteiger partial charge in [0.15, 0.2) is 9.84 Å². The van der Waals surface area contributed by atoms with E-state index in [1.807, 2.05) is 6.92 Å². The molecule has 0 amide bonds. The van der Waals surface area contributed by atoms with Crippen LogP contribution in [0, 0.1) is 10.1 Å². The quantitative estimate of drug-likeness (QED) is 0.640. The number of anilines is 1. The normalized spacial score (nSPS) is 11.4. The van der Waals surface area contributed by atoms with E-state index in [0.717, 1.165) is 22.6 Å². The smallest absolute Gasteiger partial charge is 0.310 e. The molecule has 2 rings (SSSR count).